The minimum absolute atomic E-state index is 0.117. The number of ether oxygens (including phenoxy) is 1. The van der Waals surface area contributed by atoms with Gasteiger partial charge in [-0.1, -0.05) is 6.07 Å². The molecular formula is C13H16N2O. The number of nitrogens with two attached hydrogens (primary N) is 1. The topological polar surface area (TPSA) is 59.0 Å². The Kier molecular flexibility index (Phi) is 2.74. The van der Waals surface area contributed by atoms with Crippen LogP contribution in [0.25, 0.3) is 0 Å². The molecule has 1 aromatic carbocycles. The predicted octanol–water partition coefficient (Wildman–Crippen LogP) is 2.65. The van der Waals surface area contributed by atoms with Crippen LogP contribution in [0.2, 0.25) is 0 Å². The largest absolute Gasteiger partial charge is 0.493 e. The molecule has 1 fully saturated rings. The molecule has 0 amide bonds. The fourth-order valence-corrected chi connectivity index (χ4v) is 1.72. The van der Waals surface area contributed by atoms with Gasteiger partial charge < -0.3 is 10.5 Å². The Bertz CT molecular complexity index is 430. The van der Waals surface area contributed by atoms with Crippen LogP contribution in [0.5, 0.6) is 5.75 Å². The lowest BCUT2D eigenvalue weighted by Crippen LogP contribution is -2.13. The standard InChI is InChI=1S/C13H16N2O/c1-10-2-3-11(15)8-12(10)16-9-13(4-5-13)6-7-14/h2-3,8H,4-6,9,15H2,1H3. The van der Waals surface area contributed by atoms with Crippen molar-refractivity contribution in [1.82, 2.24) is 0 Å². The molecule has 84 valence electrons. The first-order valence-electron chi connectivity index (χ1n) is 5.51. The average Bonchev–Trinajstić information content (AvgIpc) is 3.01. The van der Waals surface area contributed by atoms with Gasteiger partial charge in [-0.25, -0.2) is 0 Å². The van der Waals surface area contributed by atoms with E-state index in [9.17, 15) is 0 Å². The molecule has 1 saturated carbocycles. The lowest BCUT2D eigenvalue weighted by molar-refractivity contribution is 0.235. The van der Waals surface area contributed by atoms with Gasteiger partial charge in [0.15, 0.2) is 0 Å². The summed E-state index contributed by atoms with van der Waals surface area (Å²) in [5.74, 6) is 0.837. The number of benzene rings is 1. The van der Waals surface area contributed by atoms with Crippen LogP contribution in [0.4, 0.5) is 5.69 Å². The number of nitrogen functional groups attached to an aromatic ring is 1. The maximum Gasteiger partial charge on any atom is 0.124 e. The van der Waals surface area contributed by atoms with Crippen molar-refractivity contribution in [2.75, 3.05) is 12.3 Å². The highest BCUT2D eigenvalue weighted by atomic mass is 16.5. The second kappa shape index (κ2) is 4.05. The SMILES string of the molecule is Cc1ccc(N)cc1OCC1(CC#N)CC1. The number of hydrogen-bond donors (Lipinski definition) is 1. The van der Waals surface area contributed by atoms with E-state index >= 15 is 0 Å². The summed E-state index contributed by atoms with van der Waals surface area (Å²) in [6.45, 7) is 2.63. The van der Waals surface area contributed by atoms with Crippen LogP contribution < -0.4 is 10.5 Å². The van der Waals surface area contributed by atoms with Crippen LogP contribution in [0.15, 0.2) is 18.2 Å². The van der Waals surface area contributed by atoms with Crippen molar-refractivity contribution < 1.29 is 4.74 Å². The van der Waals surface area contributed by atoms with Crippen molar-refractivity contribution in [2.24, 2.45) is 5.41 Å². The Hall–Kier alpha value is -1.69. The molecule has 2 N–H and O–H groups in total. The second-order valence-electron chi connectivity index (χ2n) is 4.65. The Morgan fingerprint density at radius 3 is 2.88 bits per heavy atom. The Morgan fingerprint density at radius 2 is 2.25 bits per heavy atom. The molecule has 0 aliphatic heterocycles. The molecule has 16 heavy (non-hydrogen) atoms. The number of nitriles is 1. The fourth-order valence-electron chi connectivity index (χ4n) is 1.72. The zero-order chi connectivity index (χ0) is 11.6. The molecule has 3 heteroatoms. The van der Waals surface area contributed by atoms with Crippen LogP contribution in [-0.2, 0) is 0 Å². The van der Waals surface area contributed by atoms with E-state index in [2.05, 4.69) is 6.07 Å². The van der Waals surface area contributed by atoms with Gasteiger partial charge >= 0.3 is 0 Å². The Morgan fingerprint density at radius 1 is 1.50 bits per heavy atom. The summed E-state index contributed by atoms with van der Waals surface area (Å²) in [6, 6.07) is 7.89. The van der Waals surface area contributed by atoms with Crippen LogP contribution in [0, 0.1) is 23.7 Å². The minimum atomic E-state index is 0.117. The quantitative estimate of drug-likeness (QED) is 0.787. The van der Waals surface area contributed by atoms with E-state index in [1.165, 1.54) is 0 Å². The molecule has 1 aliphatic rings. The highest BCUT2D eigenvalue weighted by Gasteiger charge is 2.43. The van der Waals surface area contributed by atoms with E-state index in [0.717, 1.165) is 24.2 Å². The van der Waals surface area contributed by atoms with Gasteiger partial charge in [0.25, 0.3) is 0 Å². The first-order valence-corrected chi connectivity index (χ1v) is 5.51. The molecule has 1 aromatic rings. The first-order chi connectivity index (χ1) is 7.65. The van der Waals surface area contributed by atoms with E-state index < -0.39 is 0 Å². The number of anilines is 1. The summed E-state index contributed by atoms with van der Waals surface area (Å²) >= 11 is 0. The Labute approximate surface area is 95.8 Å². The van der Waals surface area contributed by atoms with E-state index in [4.69, 9.17) is 15.7 Å². The summed E-state index contributed by atoms with van der Waals surface area (Å²) in [7, 11) is 0. The average molecular weight is 216 g/mol. The Balaban J connectivity index is 2.00. The maximum atomic E-state index is 8.71. The van der Waals surface area contributed by atoms with Gasteiger partial charge in [0.2, 0.25) is 0 Å². The zero-order valence-corrected chi connectivity index (χ0v) is 9.49. The van der Waals surface area contributed by atoms with Crippen LogP contribution in [0.3, 0.4) is 0 Å². The molecule has 0 unspecified atom stereocenters. The first kappa shape index (κ1) is 10.8. The molecule has 3 nitrogen and oxygen atoms in total. The third-order valence-electron chi connectivity index (χ3n) is 3.16. The number of aryl methyl sites for hydroxylation is 1. The molecule has 0 heterocycles. The van der Waals surface area contributed by atoms with Crippen LogP contribution >= 0.6 is 0 Å². The number of rotatable bonds is 4. The third-order valence-corrected chi connectivity index (χ3v) is 3.16. The van der Waals surface area contributed by atoms with Crippen molar-refractivity contribution in [3.05, 3.63) is 23.8 Å². The van der Waals surface area contributed by atoms with Crippen LogP contribution in [-0.4, -0.2) is 6.61 Å². The van der Waals surface area contributed by atoms with E-state index in [-0.39, 0.29) is 5.41 Å². The smallest absolute Gasteiger partial charge is 0.124 e. The van der Waals surface area contributed by atoms with Gasteiger partial charge in [0, 0.05) is 23.6 Å². The van der Waals surface area contributed by atoms with E-state index in [1.807, 2.05) is 25.1 Å². The molecule has 0 spiro atoms. The molecule has 1 aliphatic carbocycles. The van der Waals surface area contributed by atoms with Crippen molar-refractivity contribution in [2.45, 2.75) is 26.2 Å². The number of hydrogen-bond acceptors (Lipinski definition) is 3. The fraction of sp³-hybridized carbons (Fsp3) is 0.462. The van der Waals surface area contributed by atoms with Gasteiger partial charge in [-0.2, -0.15) is 5.26 Å². The van der Waals surface area contributed by atoms with Gasteiger partial charge in [-0.3, -0.25) is 0 Å². The minimum Gasteiger partial charge on any atom is -0.493 e. The molecular weight excluding hydrogens is 200 g/mol. The maximum absolute atomic E-state index is 8.71. The van der Waals surface area contributed by atoms with Gasteiger partial charge in [-0.05, 0) is 31.4 Å². The lowest BCUT2D eigenvalue weighted by Gasteiger charge is -2.14. The molecule has 0 bridgehead atoms. The summed E-state index contributed by atoms with van der Waals surface area (Å²) in [4.78, 5) is 0. The van der Waals surface area contributed by atoms with E-state index in [1.54, 1.807) is 0 Å². The molecule has 0 saturated heterocycles. The summed E-state index contributed by atoms with van der Waals surface area (Å²) in [5.41, 5.74) is 7.62. The molecule has 0 atom stereocenters. The summed E-state index contributed by atoms with van der Waals surface area (Å²) in [6.07, 6.45) is 2.79. The molecule has 2 rings (SSSR count). The van der Waals surface area contributed by atoms with Crippen molar-refractivity contribution in [3.8, 4) is 11.8 Å². The van der Waals surface area contributed by atoms with Gasteiger partial charge in [0.05, 0.1) is 12.7 Å². The monoisotopic (exact) mass is 216 g/mol. The van der Waals surface area contributed by atoms with Gasteiger partial charge in [0.1, 0.15) is 5.75 Å². The highest BCUT2D eigenvalue weighted by molar-refractivity contribution is 5.47. The van der Waals surface area contributed by atoms with Gasteiger partial charge in [-0.15, -0.1) is 0 Å². The molecule has 0 radical (unpaired) electrons. The van der Waals surface area contributed by atoms with Crippen molar-refractivity contribution in [1.29, 1.82) is 5.26 Å². The zero-order valence-electron chi connectivity index (χ0n) is 9.49. The summed E-state index contributed by atoms with van der Waals surface area (Å²) in [5, 5.41) is 8.71. The van der Waals surface area contributed by atoms with Crippen molar-refractivity contribution >= 4 is 5.69 Å². The van der Waals surface area contributed by atoms with Crippen molar-refractivity contribution in [3.63, 3.8) is 0 Å². The lowest BCUT2D eigenvalue weighted by atomic mass is 10.1. The highest BCUT2D eigenvalue weighted by Crippen LogP contribution is 2.48. The van der Waals surface area contributed by atoms with Crippen LogP contribution in [0.1, 0.15) is 24.8 Å². The second-order valence-corrected chi connectivity index (χ2v) is 4.65. The predicted molar refractivity (Wildman–Crippen MR) is 63.0 cm³/mol. The summed E-state index contributed by atoms with van der Waals surface area (Å²) < 4.78 is 5.77. The van der Waals surface area contributed by atoms with E-state index in [0.29, 0.717) is 18.7 Å². The number of nitrogens with zero attached hydrogens (tertiary/aromatic N) is 1. The third kappa shape index (κ3) is 2.27. The molecule has 0 aromatic heterocycles. The normalized spacial score (nSPS) is 16.5.